The highest BCUT2D eigenvalue weighted by molar-refractivity contribution is 6.05. The summed E-state index contributed by atoms with van der Waals surface area (Å²) in [6.07, 6.45) is -1.43. The highest BCUT2D eigenvalue weighted by Gasteiger charge is 2.41. The number of hydrogen-bond donors (Lipinski definition) is 3. The third-order valence-corrected chi connectivity index (χ3v) is 2.55. The number of ether oxygens (including phenoxy) is 1. The molecule has 2 unspecified atom stereocenters. The summed E-state index contributed by atoms with van der Waals surface area (Å²) < 4.78 is 18.1. The Kier molecular flexibility index (Phi) is 3.63. The van der Waals surface area contributed by atoms with Gasteiger partial charge in [-0.2, -0.15) is 0 Å². The Hall–Kier alpha value is -2.19. The lowest BCUT2D eigenvalue weighted by atomic mass is 10.1. The monoisotopic (exact) mass is 270 g/mol. The number of halogens is 1. The Bertz CT molecular complexity index is 522. The van der Waals surface area contributed by atoms with Crippen LogP contribution in [0.3, 0.4) is 0 Å². The van der Waals surface area contributed by atoms with Gasteiger partial charge in [0.15, 0.2) is 23.7 Å². The molecule has 0 bridgehead atoms. The SMILES string of the molecule is COc1ccc(NC(=O)C2C(=O)ONC2O)cc1F. The molecule has 0 aliphatic carbocycles. The number of hydroxylamine groups is 1. The number of aliphatic hydroxyl groups excluding tert-OH is 1. The number of nitrogens with one attached hydrogen (secondary N) is 2. The number of hydrogen-bond acceptors (Lipinski definition) is 6. The maximum Gasteiger partial charge on any atom is 0.341 e. The van der Waals surface area contributed by atoms with Crippen molar-refractivity contribution < 1.29 is 28.7 Å². The molecule has 3 N–H and O–H groups in total. The van der Waals surface area contributed by atoms with Gasteiger partial charge in [-0.15, -0.1) is 5.48 Å². The molecule has 0 spiro atoms. The summed E-state index contributed by atoms with van der Waals surface area (Å²) in [7, 11) is 1.31. The van der Waals surface area contributed by atoms with E-state index in [0.29, 0.717) is 0 Å². The molecule has 1 aromatic carbocycles. The van der Waals surface area contributed by atoms with Crippen molar-refractivity contribution >= 4 is 17.6 Å². The summed E-state index contributed by atoms with van der Waals surface area (Å²) in [5, 5.41) is 11.6. The van der Waals surface area contributed by atoms with Gasteiger partial charge in [0.2, 0.25) is 5.91 Å². The van der Waals surface area contributed by atoms with Crippen molar-refractivity contribution in [2.45, 2.75) is 6.23 Å². The van der Waals surface area contributed by atoms with Crippen molar-refractivity contribution in [2.24, 2.45) is 5.92 Å². The van der Waals surface area contributed by atoms with Crippen LogP contribution in [0, 0.1) is 11.7 Å². The van der Waals surface area contributed by atoms with Gasteiger partial charge in [-0.1, -0.05) is 0 Å². The zero-order chi connectivity index (χ0) is 14.0. The Morgan fingerprint density at radius 2 is 2.32 bits per heavy atom. The average Bonchev–Trinajstić information content (AvgIpc) is 2.69. The molecule has 7 nitrogen and oxygen atoms in total. The number of aliphatic hydroxyl groups is 1. The minimum Gasteiger partial charge on any atom is -0.494 e. The van der Waals surface area contributed by atoms with Gasteiger partial charge in [0.05, 0.1) is 7.11 Å². The van der Waals surface area contributed by atoms with Crippen LogP contribution >= 0.6 is 0 Å². The van der Waals surface area contributed by atoms with E-state index in [-0.39, 0.29) is 11.4 Å². The van der Waals surface area contributed by atoms with Crippen molar-refractivity contribution in [1.82, 2.24) is 5.48 Å². The molecule has 1 aromatic rings. The van der Waals surface area contributed by atoms with Gasteiger partial charge >= 0.3 is 5.97 Å². The molecule has 19 heavy (non-hydrogen) atoms. The number of methoxy groups -OCH3 is 1. The fourth-order valence-electron chi connectivity index (χ4n) is 1.59. The predicted octanol–water partition coefficient (Wildman–Crippen LogP) is -0.231. The number of carbonyl (C=O) groups is 2. The van der Waals surface area contributed by atoms with Crippen molar-refractivity contribution in [3.8, 4) is 5.75 Å². The first-order valence-electron chi connectivity index (χ1n) is 5.31. The van der Waals surface area contributed by atoms with Gasteiger partial charge in [0.1, 0.15) is 0 Å². The minimum atomic E-state index is -1.43. The fraction of sp³-hybridized carbons (Fsp3) is 0.273. The Morgan fingerprint density at radius 1 is 1.58 bits per heavy atom. The van der Waals surface area contributed by atoms with Crippen LogP contribution in [0.4, 0.5) is 10.1 Å². The number of rotatable bonds is 3. The molecule has 1 aliphatic heterocycles. The lowest BCUT2D eigenvalue weighted by Gasteiger charge is -2.11. The third kappa shape index (κ3) is 2.64. The van der Waals surface area contributed by atoms with E-state index in [1.807, 2.05) is 5.48 Å². The van der Waals surface area contributed by atoms with E-state index in [1.165, 1.54) is 19.2 Å². The molecule has 8 heteroatoms. The first kappa shape index (κ1) is 13.2. The van der Waals surface area contributed by atoms with Gasteiger partial charge in [0.25, 0.3) is 0 Å². The molecule has 1 amide bonds. The first-order valence-corrected chi connectivity index (χ1v) is 5.31. The summed E-state index contributed by atoms with van der Waals surface area (Å²) >= 11 is 0. The maximum absolute atomic E-state index is 13.4. The molecular weight excluding hydrogens is 259 g/mol. The second-order valence-electron chi connectivity index (χ2n) is 3.80. The number of carbonyl (C=O) groups excluding carboxylic acids is 2. The normalized spacial score (nSPS) is 21.9. The summed E-state index contributed by atoms with van der Waals surface area (Å²) in [5.74, 6) is -3.73. The van der Waals surface area contributed by atoms with Crippen LogP contribution in [-0.2, 0) is 14.4 Å². The molecule has 2 rings (SSSR count). The molecule has 1 heterocycles. The third-order valence-electron chi connectivity index (χ3n) is 2.55. The number of anilines is 1. The van der Waals surface area contributed by atoms with E-state index in [0.717, 1.165) is 6.07 Å². The largest absolute Gasteiger partial charge is 0.494 e. The zero-order valence-electron chi connectivity index (χ0n) is 9.84. The van der Waals surface area contributed by atoms with Gasteiger partial charge in [-0.25, -0.2) is 9.18 Å². The van der Waals surface area contributed by atoms with Crippen LogP contribution in [0.15, 0.2) is 18.2 Å². The quantitative estimate of drug-likeness (QED) is 0.656. The van der Waals surface area contributed by atoms with Crippen molar-refractivity contribution in [1.29, 1.82) is 0 Å². The summed E-state index contributed by atoms with van der Waals surface area (Å²) in [6.45, 7) is 0. The average molecular weight is 270 g/mol. The number of benzene rings is 1. The molecule has 1 fully saturated rings. The van der Waals surface area contributed by atoms with E-state index in [4.69, 9.17) is 4.74 Å². The Labute approximate surface area is 107 Å². The number of amides is 1. The molecular formula is C11H11FN2O5. The summed E-state index contributed by atoms with van der Waals surface area (Å²) in [4.78, 5) is 27.2. The lowest BCUT2D eigenvalue weighted by Crippen LogP contribution is -2.36. The molecule has 1 saturated heterocycles. The molecule has 0 aromatic heterocycles. The van der Waals surface area contributed by atoms with Crippen molar-refractivity contribution in [3.05, 3.63) is 24.0 Å². The van der Waals surface area contributed by atoms with Gasteiger partial charge in [-0.05, 0) is 12.1 Å². The predicted molar refractivity (Wildman–Crippen MR) is 60.3 cm³/mol. The smallest absolute Gasteiger partial charge is 0.341 e. The van der Waals surface area contributed by atoms with E-state index in [2.05, 4.69) is 10.2 Å². The standard InChI is InChI=1S/C11H11FN2O5/c1-18-7-3-2-5(4-6(7)12)13-9(15)8-10(16)14-19-11(8)17/h2-4,8,10,14,16H,1H3,(H,13,15). The van der Waals surface area contributed by atoms with Gasteiger partial charge < -0.3 is 20.0 Å². The lowest BCUT2D eigenvalue weighted by molar-refractivity contribution is -0.147. The molecule has 0 saturated carbocycles. The summed E-state index contributed by atoms with van der Waals surface area (Å²) in [6, 6.07) is 3.77. The topological polar surface area (TPSA) is 96.9 Å². The second kappa shape index (κ2) is 5.21. The molecule has 2 atom stereocenters. The van der Waals surface area contributed by atoms with Gasteiger partial charge in [0, 0.05) is 11.8 Å². The van der Waals surface area contributed by atoms with Crippen LogP contribution in [0.1, 0.15) is 0 Å². The molecule has 102 valence electrons. The Morgan fingerprint density at radius 3 is 2.84 bits per heavy atom. The van der Waals surface area contributed by atoms with Crippen LogP contribution in [0.5, 0.6) is 5.75 Å². The molecule has 0 radical (unpaired) electrons. The summed E-state index contributed by atoms with van der Waals surface area (Å²) in [5.41, 5.74) is 2.10. The molecule has 1 aliphatic rings. The van der Waals surface area contributed by atoms with Crippen LogP contribution in [0.2, 0.25) is 0 Å². The van der Waals surface area contributed by atoms with E-state index < -0.39 is 29.8 Å². The van der Waals surface area contributed by atoms with E-state index in [9.17, 15) is 19.1 Å². The first-order chi connectivity index (χ1) is 9.02. The highest BCUT2D eigenvalue weighted by atomic mass is 19.1. The Balaban J connectivity index is 2.11. The highest BCUT2D eigenvalue weighted by Crippen LogP contribution is 2.22. The van der Waals surface area contributed by atoms with Crippen molar-refractivity contribution in [3.63, 3.8) is 0 Å². The van der Waals surface area contributed by atoms with Crippen LogP contribution < -0.4 is 15.5 Å². The van der Waals surface area contributed by atoms with E-state index >= 15 is 0 Å². The van der Waals surface area contributed by atoms with Crippen LogP contribution in [-0.4, -0.2) is 30.3 Å². The second-order valence-corrected chi connectivity index (χ2v) is 3.80. The minimum absolute atomic E-state index is 0.0278. The zero-order valence-corrected chi connectivity index (χ0v) is 9.84. The van der Waals surface area contributed by atoms with Crippen LogP contribution in [0.25, 0.3) is 0 Å². The van der Waals surface area contributed by atoms with E-state index in [1.54, 1.807) is 0 Å². The maximum atomic E-state index is 13.4. The van der Waals surface area contributed by atoms with Gasteiger partial charge in [-0.3, -0.25) is 4.79 Å². The fourth-order valence-corrected chi connectivity index (χ4v) is 1.59. The van der Waals surface area contributed by atoms with Crippen molar-refractivity contribution in [2.75, 3.05) is 12.4 Å².